The highest BCUT2D eigenvalue weighted by Gasteiger charge is 2.74. The number of unbranched alkanes of at least 4 members (excludes halogenated alkanes) is 1. The number of hydrogen-bond donors (Lipinski definition) is 7. The lowest BCUT2D eigenvalue weighted by atomic mass is 9.58. The van der Waals surface area contributed by atoms with E-state index in [4.69, 9.17) is 19.3 Å². The Hall–Kier alpha value is -0.960. The van der Waals surface area contributed by atoms with Gasteiger partial charge < -0.3 is 45.2 Å². The fourth-order valence-electron chi connectivity index (χ4n) is 5.30. The molecule has 0 spiro atoms. The van der Waals surface area contributed by atoms with Crippen LogP contribution in [-0.2, 0) is 23.4 Å². The minimum Gasteiger partial charge on any atom is -0.462 e. The van der Waals surface area contributed by atoms with Crippen molar-refractivity contribution in [2.24, 2.45) is 0 Å². The fraction of sp³-hybridized carbons (Fsp3) is 0.909. The average Bonchev–Trinajstić information content (AvgIpc) is 3.31. The molecule has 3 aliphatic heterocycles. The Bertz CT molecular complexity index is 942. The Balaban J connectivity index is 1.58. The monoisotopic (exact) mass is 570 g/mol. The fourth-order valence-corrected chi connectivity index (χ4v) is 7.25. The Morgan fingerprint density at radius 1 is 1.03 bits per heavy atom. The van der Waals surface area contributed by atoms with Crippen LogP contribution in [0, 0.1) is 0 Å². The van der Waals surface area contributed by atoms with E-state index in [0.717, 1.165) is 25.5 Å². The Morgan fingerprint density at radius 2 is 1.62 bits per heavy atom. The number of nitrogens with one attached hydrogen (secondary N) is 2. The molecule has 214 valence electrons. The number of phosphoric ester groups is 1. The lowest BCUT2D eigenvalue weighted by Crippen LogP contribution is -2.85. The molecule has 0 aromatic carbocycles. The molecule has 0 aromatic rings. The summed E-state index contributed by atoms with van der Waals surface area (Å²) in [5.74, 6) is 0.294. The summed E-state index contributed by atoms with van der Waals surface area (Å²) in [7, 11) is -4.96. The molecule has 3 heterocycles. The first-order valence-electron chi connectivity index (χ1n) is 12.2. The number of urea groups is 1. The van der Waals surface area contributed by atoms with Crippen molar-refractivity contribution in [3.05, 3.63) is 0 Å². The van der Waals surface area contributed by atoms with Crippen LogP contribution in [0.5, 0.6) is 0 Å². The molecule has 2 amide bonds. The van der Waals surface area contributed by atoms with Crippen LogP contribution in [0.1, 0.15) is 60.3 Å². The van der Waals surface area contributed by atoms with Crippen LogP contribution in [0.4, 0.5) is 4.79 Å². The normalized spacial score (nSPS) is 43.7. The van der Waals surface area contributed by atoms with E-state index in [2.05, 4.69) is 15.2 Å². The molecule has 3 saturated heterocycles. The number of thioether (sulfide) groups is 1. The number of ether oxygens (including phenoxy) is 2. The number of carbonyl (C=O) groups excluding carboxylic acids is 2. The third kappa shape index (κ3) is 5.68. The van der Waals surface area contributed by atoms with Gasteiger partial charge in [-0.2, -0.15) is 11.8 Å². The molecule has 3 fully saturated rings. The van der Waals surface area contributed by atoms with Crippen LogP contribution < -0.4 is 10.6 Å². The number of fused-ring (bicyclic) bond motifs is 1. The van der Waals surface area contributed by atoms with Gasteiger partial charge in [-0.15, -0.1) is 0 Å². The van der Waals surface area contributed by atoms with Gasteiger partial charge in [-0.05, 0) is 47.5 Å². The van der Waals surface area contributed by atoms with Gasteiger partial charge in [0.1, 0.15) is 34.6 Å². The SMILES string of the molecule is CC1(COP(=O)(O)O)O[C@](C)(COC(=O)CCCCC2SC[C@@H]3NC(=O)N[C@H]23)C(C)(O)C(C)(O)[C@]1(C)O. The zero-order valence-corrected chi connectivity index (χ0v) is 23.4. The molecule has 4 unspecified atom stereocenters. The molecule has 0 saturated carbocycles. The maximum Gasteiger partial charge on any atom is 0.469 e. The van der Waals surface area contributed by atoms with E-state index in [1.807, 2.05) is 0 Å². The highest BCUT2D eigenvalue weighted by Crippen LogP contribution is 2.54. The minimum atomic E-state index is -4.96. The van der Waals surface area contributed by atoms with Crippen molar-refractivity contribution < 1.29 is 53.3 Å². The van der Waals surface area contributed by atoms with E-state index in [1.165, 1.54) is 27.7 Å². The second kappa shape index (κ2) is 10.2. The molecule has 7 N–H and O–H groups in total. The van der Waals surface area contributed by atoms with Gasteiger partial charge in [-0.1, -0.05) is 6.42 Å². The van der Waals surface area contributed by atoms with Gasteiger partial charge in [0, 0.05) is 17.4 Å². The zero-order valence-electron chi connectivity index (χ0n) is 21.7. The predicted molar refractivity (Wildman–Crippen MR) is 133 cm³/mol. The molecule has 3 aliphatic rings. The van der Waals surface area contributed by atoms with Crippen LogP contribution in [0.2, 0.25) is 0 Å². The number of carbonyl (C=O) groups is 2. The zero-order chi connectivity index (χ0) is 28.1. The molecule has 0 bridgehead atoms. The Labute approximate surface area is 220 Å². The summed E-state index contributed by atoms with van der Waals surface area (Å²) < 4.78 is 27.2. The Morgan fingerprint density at radius 3 is 2.22 bits per heavy atom. The molecule has 0 aromatic heterocycles. The van der Waals surface area contributed by atoms with Gasteiger partial charge in [0.15, 0.2) is 0 Å². The van der Waals surface area contributed by atoms with Gasteiger partial charge >= 0.3 is 19.8 Å². The average molecular weight is 571 g/mol. The number of esters is 1. The first-order valence-corrected chi connectivity index (χ1v) is 14.8. The highest BCUT2D eigenvalue weighted by molar-refractivity contribution is 8.00. The standard InChI is InChI=1S/C22H39N2O11PS/c1-18(11-33-15(25)9-7-6-8-14-16-13(10-37-14)23-17(26)24-16)20(3,27)22(5,29)21(4,28)19(2,35-18)12-34-36(30,31)32/h13-14,16,27-29H,6-12H2,1-5H3,(H2,23,24,26)(H2,30,31,32)/t13-,14?,16-,18+,19?,20?,21+,22?/m0/s1. The molecular weight excluding hydrogens is 531 g/mol. The molecule has 8 atom stereocenters. The van der Waals surface area contributed by atoms with E-state index in [-0.39, 0.29) is 29.8 Å². The lowest BCUT2D eigenvalue weighted by Gasteiger charge is -2.65. The van der Waals surface area contributed by atoms with Crippen molar-refractivity contribution in [1.82, 2.24) is 10.6 Å². The second-order valence-electron chi connectivity index (χ2n) is 11.1. The van der Waals surface area contributed by atoms with E-state index >= 15 is 0 Å². The van der Waals surface area contributed by atoms with Gasteiger partial charge in [0.2, 0.25) is 0 Å². The number of aliphatic hydroxyl groups is 3. The quantitative estimate of drug-likeness (QED) is 0.0813. The maximum atomic E-state index is 12.5. The predicted octanol–water partition coefficient (Wildman–Crippen LogP) is 0.165. The molecule has 15 heteroatoms. The summed E-state index contributed by atoms with van der Waals surface area (Å²) >= 11 is 1.79. The lowest BCUT2D eigenvalue weighted by molar-refractivity contribution is -0.405. The van der Waals surface area contributed by atoms with Gasteiger partial charge in [-0.3, -0.25) is 9.32 Å². The molecule has 0 radical (unpaired) electrons. The molecular formula is C22H39N2O11PS. The summed E-state index contributed by atoms with van der Waals surface area (Å²) in [5.41, 5.74) is -10.4. The maximum absolute atomic E-state index is 12.5. The van der Waals surface area contributed by atoms with Crippen molar-refractivity contribution in [1.29, 1.82) is 0 Å². The molecule has 0 aliphatic carbocycles. The van der Waals surface area contributed by atoms with Gasteiger partial charge in [0.05, 0.1) is 18.7 Å². The van der Waals surface area contributed by atoms with E-state index in [9.17, 15) is 29.5 Å². The third-order valence-corrected chi connectivity index (χ3v) is 10.5. The molecule has 13 nitrogen and oxygen atoms in total. The number of rotatable bonds is 10. The van der Waals surface area contributed by atoms with Crippen molar-refractivity contribution in [3.8, 4) is 0 Å². The van der Waals surface area contributed by atoms with Gasteiger partial charge in [-0.25, -0.2) is 9.36 Å². The van der Waals surface area contributed by atoms with Crippen LogP contribution in [-0.4, -0.2) is 101 Å². The highest BCUT2D eigenvalue weighted by atomic mass is 32.2. The second-order valence-corrected chi connectivity index (χ2v) is 13.6. The third-order valence-electron chi connectivity index (χ3n) is 8.48. The van der Waals surface area contributed by atoms with Crippen molar-refractivity contribution in [2.45, 2.75) is 106 Å². The summed E-state index contributed by atoms with van der Waals surface area (Å²) in [6.07, 6.45) is 2.21. The topological polar surface area (TPSA) is 204 Å². The molecule has 3 rings (SSSR count). The van der Waals surface area contributed by atoms with Crippen LogP contribution in [0.3, 0.4) is 0 Å². The van der Waals surface area contributed by atoms with Crippen molar-refractivity contribution >= 4 is 31.6 Å². The van der Waals surface area contributed by atoms with Crippen molar-refractivity contribution in [2.75, 3.05) is 19.0 Å². The summed E-state index contributed by atoms with van der Waals surface area (Å²) in [6.45, 7) is 4.88. The smallest absolute Gasteiger partial charge is 0.462 e. The van der Waals surface area contributed by atoms with E-state index in [0.29, 0.717) is 6.42 Å². The van der Waals surface area contributed by atoms with E-state index < -0.39 is 55.0 Å². The number of phosphoric acid groups is 1. The summed E-state index contributed by atoms with van der Waals surface area (Å²) in [5, 5.41) is 39.8. The van der Waals surface area contributed by atoms with Crippen LogP contribution in [0.15, 0.2) is 0 Å². The van der Waals surface area contributed by atoms with Crippen molar-refractivity contribution in [3.63, 3.8) is 0 Å². The van der Waals surface area contributed by atoms with Crippen LogP contribution in [0.25, 0.3) is 0 Å². The van der Waals surface area contributed by atoms with Gasteiger partial charge in [0.25, 0.3) is 0 Å². The van der Waals surface area contributed by atoms with Crippen LogP contribution >= 0.6 is 19.6 Å². The Kier molecular flexibility index (Phi) is 8.44. The molecule has 37 heavy (non-hydrogen) atoms. The van der Waals surface area contributed by atoms with E-state index in [1.54, 1.807) is 11.8 Å². The summed E-state index contributed by atoms with van der Waals surface area (Å²) in [6, 6.07) is 0.0688. The first kappa shape index (κ1) is 30.6. The number of hydrogen-bond acceptors (Lipinski definition) is 10. The summed E-state index contributed by atoms with van der Waals surface area (Å²) in [4.78, 5) is 42.3. The minimum absolute atomic E-state index is 0.0870. The largest absolute Gasteiger partial charge is 0.469 e. The number of amides is 2. The first-order chi connectivity index (χ1) is 16.8.